The summed E-state index contributed by atoms with van der Waals surface area (Å²) in [7, 11) is 0. The van der Waals surface area contributed by atoms with E-state index in [0.717, 1.165) is 43.4 Å². The molecule has 6 heteroatoms. The molecule has 128 valence electrons. The number of guanidine groups is 1. The predicted molar refractivity (Wildman–Crippen MR) is 97.2 cm³/mol. The van der Waals surface area contributed by atoms with Gasteiger partial charge in [-0.05, 0) is 36.6 Å². The Morgan fingerprint density at radius 1 is 1.43 bits per heavy atom. The smallest absolute Gasteiger partial charge is 0.261 e. The van der Waals surface area contributed by atoms with Crippen LogP contribution in [0.1, 0.15) is 43.3 Å². The molecule has 0 unspecified atom stereocenters. The van der Waals surface area contributed by atoms with E-state index in [0.29, 0.717) is 12.0 Å². The molecular weight excluding hydrogens is 308 g/mol. The van der Waals surface area contributed by atoms with Crippen LogP contribution in [-0.4, -0.2) is 49.5 Å². The van der Waals surface area contributed by atoms with E-state index in [1.54, 1.807) is 0 Å². The summed E-state index contributed by atoms with van der Waals surface area (Å²) >= 11 is 1.47. The van der Waals surface area contributed by atoms with Gasteiger partial charge < -0.3 is 15.5 Å². The molecule has 1 aromatic rings. The minimum atomic E-state index is 0.0113. The van der Waals surface area contributed by atoms with Gasteiger partial charge in [-0.2, -0.15) is 0 Å². The summed E-state index contributed by atoms with van der Waals surface area (Å²) in [6, 6.07) is 3.74. The van der Waals surface area contributed by atoms with Crippen LogP contribution in [0.5, 0.6) is 0 Å². The fourth-order valence-electron chi connectivity index (χ4n) is 2.68. The summed E-state index contributed by atoms with van der Waals surface area (Å²) < 4.78 is 0. The van der Waals surface area contributed by atoms with Crippen molar-refractivity contribution in [3.05, 3.63) is 22.4 Å². The highest BCUT2D eigenvalue weighted by molar-refractivity contribution is 7.12. The van der Waals surface area contributed by atoms with E-state index in [1.807, 2.05) is 17.5 Å². The molecule has 2 N–H and O–H groups in total. The van der Waals surface area contributed by atoms with Crippen LogP contribution in [0.3, 0.4) is 0 Å². The molecule has 2 heterocycles. The molecule has 1 aliphatic rings. The first-order valence-electron chi connectivity index (χ1n) is 8.37. The molecule has 0 spiro atoms. The average molecular weight is 337 g/mol. The van der Waals surface area contributed by atoms with Crippen LogP contribution < -0.4 is 10.6 Å². The lowest BCUT2D eigenvalue weighted by molar-refractivity contribution is 0.0957. The van der Waals surface area contributed by atoms with Gasteiger partial charge in [0.25, 0.3) is 5.91 Å². The van der Waals surface area contributed by atoms with Crippen LogP contribution in [0.2, 0.25) is 0 Å². The maximum absolute atomic E-state index is 11.8. The number of thiophene rings is 1. The van der Waals surface area contributed by atoms with Gasteiger partial charge in [0, 0.05) is 32.7 Å². The number of carbonyl (C=O) groups is 1. The third-order valence-corrected chi connectivity index (χ3v) is 4.81. The van der Waals surface area contributed by atoms with Crippen molar-refractivity contribution >= 4 is 23.2 Å². The van der Waals surface area contributed by atoms with Gasteiger partial charge >= 0.3 is 0 Å². The fraction of sp³-hybridized carbons (Fsp3) is 0.647. The molecule has 1 aromatic heterocycles. The molecule has 1 saturated heterocycles. The first kappa shape index (κ1) is 17.8. The Kier molecular flexibility index (Phi) is 6.45. The van der Waals surface area contributed by atoms with Crippen molar-refractivity contribution < 1.29 is 4.79 Å². The highest BCUT2D eigenvalue weighted by Gasteiger charge is 2.30. The van der Waals surface area contributed by atoms with E-state index >= 15 is 0 Å². The Hall–Kier alpha value is -1.56. The standard InChI is InChI=1S/C17H28N4OS/c1-4-18-16(21-11-8-17(2,3)13-21)20-10-6-9-19-15(22)14-7-5-12-23-14/h5,7,12H,4,6,8-11,13H2,1-3H3,(H,18,20)(H,19,22). The average Bonchev–Trinajstić information content (AvgIpc) is 3.15. The van der Waals surface area contributed by atoms with Gasteiger partial charge in [-0.3, -0.25) is 9.79 Å². The number of likely N-dealkylation sites (tertiary alicyclic amines) is 1. The Balaban J connectivity index is 1.74. The summed E-state index contributed by atoms with van der Waals surface area (Å²) in [5.74, 6) is 1.01. The summed E-state index contributed by atoms with van der Waals surface area (Å²) in [5.41, 5.74) is 0.366. The summed E-state index contributed by atoms with van der Waals surface area (Å²) in [6.07, 6.45) is 2.05. The lowest BCUT2D eigenvalue weighted by Crippen LogP contribution is -2.41. The molecule has 0 aromatic carbocycles. The van der Waals surface area contributed by atoms with Gasteiger partial charge in [0.1, 0.15) is 0 Å². The topological polar surface area (TPSA) is 56.7 Å². The normalized spacial score (nSPS) is 17.3. The van der Waals surface area contributed by atoms with Crippen molar-refractivity contribution in [1.29, 1.82) is 0 Å². The van der Waals surface area contributed by atoms with Gasteiger partial charge in [-0.15, -0.1) is 11.3 Å². The van der Waals surface area contributed by atoms with Gasteiger partial charge in [-0.1, -0.05) is 19.9 Å². The van der Waals surface area contributed by atoms with E-state index in [9.17, 15) is 4.79 Å². The fourth-order valence-corrected chi connectivity index (χ4v) is 3.32. The number of amides is 1. The largest absolute Gasteiger partial charge is 0.357 e. The van der Waals surface area contributed by atoms with Crippen molar-refractivity contribution in [2.75, 3.05) is 32.7 Å². The SMILES string of the molecule is CCNC(=NCCCNC(=O)c1cccs1)N1CCC(C)(C)C1. The molecule has 1 amide bonds. The molecule has 0 bridgehead atoms. The number of nitrogens with zero attached hydrogens (tertiary/aromatic N) is 2. The molecule has 2 rings (SSSR count). The molecule has 23 heavy (non-hydrogen) atoms. The second-order valence-electron chi connectivity index (χ2n) is 6.66. The number of aliphatic imine (C=N–C) groups is 1. The first-order valence-corrected chi connectivity index (χ1v) is 9.25. The third kappa shape index (κ3) is 5.53. The number of rotatable bonds is 6. The highest BCUT2D eigenvalue weighted by Crippen LogP contribution is 2.28. The number of hydrogen-bond acceptors (Lipinski definition) is 3. The van der Waals surface area contributed by atoms with E-state index in [2.05, 4.69) is 36.3 Å². The maximum Gasteiger partial charge on any atom is 0.261 e. The Bertz CT molecular complexity index is 525. The van der Waals surface area contributed by atoms with Crippen molar-refractivity contribution in [2.24, 2.45) is 10.4 Å². The Morgan fingerprint density at radius 2 is 2.26 bits per heavy atom. The molecule has 0 radical (unpaired) electrons. The van der Waals surface area contributed by atoms with Gasteiger partial charge in [0.15, 0.2) is 5.96 Å². The summed E-state index contributed by atoms with van der Waals surface area (Å²) in [6.45, 7) is 11.1. The number of carbonyl (C=O) groups excluding carboxylic acids is 1. The Labute approximate surface area is 143 Å². The van der Waals surface area contributed by atoms with Gasteiger partial charge in [-0.25, -0.2) is 0 Å². The summed E-state index contributed by atoms with van der Waals surface area (Å²) in [5, 5.41) is 8.23. The van der Waals surface area contributed by atoms with E-state index < -0.39 is 0 Å². The van der Waals surface area contributed by atoms with Crippen molar-refractivity contribution in [1.82, 2.24) is 15.5 Å². The van der Waals surface area contributed by atoms with E-state index in [4.69, 9.17) is 4.99 Å². The van der Waals surface area contributed by atoms with Crippen LogP contribution in [0, 0.1) is 5.41 Å². The molecule has 1 fully saturated rings. The molecule has 0 aliphatic carbocycles. The second-order valence-corrected chi connectivity index (χ2v) is 7.61. The van der Waals surface area contributed by atoms with Crippen LogP contribution in [0.4, 0.5) is 0 Å². The van der Waals surface area contributed by atoms with Crippen molar-refractivity contribution in [3.63, 3.8) is 0 Å². The lowest BCUT2D eigenvalue weighted by Gasteiger charge is -2.23. The van der Waals surface area contributed by atoms with Gasteiger partial charge in [0.05, 0.1) is 4.88 Å². The quantitative estimate of drug-likeness (QED) is 0.477. The first-order chi connectivity index (χ1) is 11.0. The van der Waals surface area contributed by atoms with Crippen molar-refractivity contribution in [3.8, 4) is 0 Å². The highest BCUT2D eigenvalue weighted by atomic mass is 32.1. The van der Waals surface area contributed by atoms with E-state index in [-0.39, 0.29) is 5.91 Å². The molecule has 1 aliphatic heterocycles. The molecule has 0 atom stereocenters. The molecular formula is C17H28N4OS. The van der Waals surface area contributed by atoms with Crippen molar-refractivity contribution in [2.45, 2.75) is 33.6 Å². The minimum absolute atomic E-state index is 0.0113. The predicted octanol–water partition coefficient (Wildman–Crippen LogP) is 2.57. The lowest BCUT2D eigenvalue weighted by atomic mass is 9.93. The second kappa shape index (κ2) is 8.34. The van der Waals surface area contributed by atoms with Crippen LogP contribution >= 0.6 is 11.3 Å². The zero-order chi connectivity index (χ0) is 16.7. The maximum atomic E-state index is 11.8. The Morgan fingerprint density at radius 3 is 2.87 bits per heavy atom. The van der Waals surface area contributed by atoms with Crippen LogP contribution in [0.25, 0.3) is 0 Å². The number of hydrogen-bond donors (Lipinski definition) is 2. The third-order valence-electron chi connectivity index (χ3n) is 3.94. The zero-order valence-corrected chi connectivity index (χ0v) is 15.2. The summed E-state index contributed by atoms with van der Waals surface area (Å²) in [4.78, 5) is 19.6. The van der Waals surface area contributed by atoms with Gasteiger partial charge in [0.2, 0.25) is 0 Å². The molecule has 5 nitrogen and oxygen atoms in total. The van der Waals surface area contributed by atoms with Crippen LogP contribution in [0.15, 0.2) is 22.5 Å². The van der Waals surface area contributed by atoms with Crippen LogP contribution in [-0.2, 0) is 0 Å². The number of nitrogens with one attached hydrogen (secondary N) is 2. The minimum Gasteiger partial charge on any atom is -0.357 e. The zero-order valence-electron chi connectivity index (χ0n) is 14.4. The molecule has 0 saturated carbocycles. The van der Waals surface area contributed by atoms with E-state index in [1.165, 1.54) is 17.8 Å². The monoisotopic (exact) mass is 336 g/mol.